The summed E-state index contributed by atoms with van der Waals surface area (Å²) in [5.74, 6) is -0.870. The maximum Gasteiger partial charge on any atom is 0.337 e. The molecule has 0 aromatic heterocycles. The Bertz CT molecular complexity index is 463. The molecule has 17 heavy (non-hydrogen) atoms. The minimum atomic E-state index is -0.447. The Hall–Kier alpha value is -2.53. The minimum Gasteiger partial charge on any atom is -0.465 e. The molecule has 1 amide bonds. The van der Waals surface area contributed by atoms with Gasteiger partial charge in [-0.15, -0.1) is 0 Å². The van der Waals surface area contributed by atoms with Crippen LogP contribution in [0.3, 0.4) is 0 Å². The fourth-order valence-corrected chi connectivity index (χ4v) is 1.10. The van der Waals surface area contributed by atoms with Crippen molar-refractivity contribution in [1.82, 2.24) is 0 Å². The van der Waals surface area contributed by atoms with E-state index in [0.717, 1.165) is 0 Å². The molecule has 0 saturated carbocycles. The van der Waals surface area contributed by atoms with E-state index in [1.807, 2.05) is 0 Å². The third-order valence-electron chi connectivity index (χ3n) is 1.87. The smallest absolute Gasteiger partial charge is 0.337 e. The SMILES string of the molecule is COC(=O)c1ccc(NC(=O)CN=[N+]=[N-])cc1. The number of ether oxygens (including phenoxy) is 1. The van der Waals surface area contributed by atoms with Crippen molar-refractivity contribution in [2.75, 3.05) is 19.0 Å². The second-order valence-corrected chi connectivity index (χ2v) is 3.01. The molecule has 7 nitrogen and oxygen atoms in total. The van der Waals surface area contributed by atoms with Gasteiger partial charge < -0.3 is 10.1 Å². The van der Waals surface area contributed by atoms with E-state index in [2.05, 4.69) is 20.1 Å². The van der Waals surface area contributed by atoms with Crippen molar-refractivity contribution in [3.63, 3.8) is 0 Å². The van der Waals surface area contributed by atoms with Crippen LogP contribution in [0.1, 0.15) is 10.4 Å². The maximum absolute atomic E-state index is 11.2. The molecule has 0 spiro atoms. The van der Waals surface area contributed by atoms with Crippen molar-refractivity contribution in [1.29, 1.82) is 0 Å². The van der Waals surface area contributed by atoms with Gasteiger partial charge in [-0.3, -0.25) is 4.79 Å². The molecule has 0 radical (unpaired) electrons. The molecule has 0 saturated heterocycles. The number of azide groups is 1. The number of nitrogens with zero attached hydrogens (tertiary/aromatic N) is 3. The van der Waals surface area contributed by atoms with Crippen LogP contribution in [0.25, 0.3) is 10.4 Å². The number of amides is 1. The molecule has 0 aliphatic heterocycles. The monoisotopic (exact) mass is 234 g/mol. The fraction of sp³-hybridized carbons (Fsp3) is 0.200. The third kappa shape index (κ3) is 3.84. The van der Waals surface area contributed by atoms with Crippen molar-refractivity contribution in [3.05, 3.63) is 40.3 Å². The Morgan fingerprint density at radius 2 is 2.06 bits per heavy atom. The number of esters is 1. The first-order valence-electron chi connectivity index (χ1n) is 4.66. The summed E-state index contributed by atoms with van der Waals surface area (Å²) in [6, 6.07) is 6.16. The van der Waals surface area contributed by atoms with E-state index in [1.54, 1.807) is 12.1 Å². The quantitative estimate of drug-likeness (QED) is 0.371. The van der Waals surface area contributed by atoms with Crippen molar-refractivity contribution in [2.24, 2.45) is 5.11 Å². The van der Waals surface area contributed by atoms with Gasteiger partial charge in [0.05, 0.1) is 12.7 Å². The molecule has 0 heterocycles. The highest BCUT2D eigenvalue weighted by molar-refractivity contribution is 5.93. The summed E-state index contributed by atoms with van der Waals surface area (Å²) < 4.78 is 4.53. The number of hydrogen-bond donors (Lipinski definition) is 1. The predicted octanol–water partition coefficient (Wildman–Crippen LogP) is 1.72. The lowest BCUT2D eigenvalue weighted by molar-refractivity contribution is -0.114. The summed E-state index contributed by atoms with van der Waals surface area (Å²) in [7, 11) is 1.29. The van der Waals surface area contributed by atoms with Gasteiger partial charge in [-0.05, 0) is 29.8 Å². The molecular weight excluding hydrogens is 224 g/mol. The Morgan fingerprint density at radius 1 is 1.41 bits per heavy atom. The zero-order chi connectivity index (χ0) is 12.7. The summed E-state index contributed by atoms with van der Waals surface area (Å²) in [6.07, 6.45) is 0. The summed E-state index contributed by atoms with van der Waals surface area (Å²) in [5.41, 5.74) is 8.93. The lowest BCUT2D eigenvalue weighted by Crippen LogP contribution is -2.14. The number of carbonyl (C=O) groups is 2. The molecule has 0 fully saturated rings. The number of benzene rings is 1. The van der Waals surface area contributed by atoms with Crippen molar-refractivity contribution >= 4 is 17.6 Å². The number of hydrogen-bond acceptors (Lipinski definition) is 4. The van der Waals surface area contributed by atoms with Crippen molar-refractivity contribution in [3.8, 4) is 0 Å². The minimum absolute atomic E-state index is 0.269. The van der Waals surface area contributed by atoms with E-state index in [1.165, 1.54) is 19.2 Å². The Kier molecular flexibility index (Phi) is 4.53. The average molecular weight is 234 g/mol. The molecule has 0 unspecified atom stereocenters. The number of rotatable bonds is 4. The maximum atomic E-state index is 11.2. The van der Waals surface area contributed by atoms with Crippen LogP contribution in [0.2, 0.25) is 0 Å². The van der Waals surface area contributed by atoms with Gasteiger partial charge in [-0.1, -0.05) is 5.11 Å². The van der Waals surface area contributed by atoms with Crippen LogP contribution in [-0.2, 0) is 9.53 Å². The van der Waals surface area contributed by atoms with Crippen molar-refractivity contribution in [2.45, 2.75) is 0 Å². The molecule has 0 bridgehead atoms. The molecule has 88 valence electrons. The topological polar surface area (TPSA) is 104 Å². The van der Waals surface area contributed by atoms with Crippen LogP contribution >= 0.6 is 0 Å². The second-order valence-electron chi connectivity index (χ2n) is 3.01. The molecule has 1 N–H and O–H groups in total. The second kappa shape index (κ2) is 6.14. The van der Waals surface area contributed by atoms with Crippen molar-refractivity contribution < 1.29 is 14.3 Å². The predicted molar refractivity (Wildman–Crippen MR) is 60.4 cm³/mol. The molecule has 1 rings (SSSR count). The number of nitrogens with one attached hydrogen (secondary N) is 1. The van der Waals surface area contributed by atoms with Crippen LogP contribution in [-0.4, -0.2) is 25.5 Å². The van der Waals surface area contributed by atoms with Gasteiger partial charge in [0.25, 0.3) is 0 Å². The standard InChI is InChI=1S/C10H10N4O3/c1-17-10(16)7-2-4-8(5-3-7)13-9(15)6-12-14-11/h2-5H,6H2,1H3,(H,13,15). The largest absolute Gasteiger partial charge is 0.465 e. The van der Waals surface area contributed by atoms with Gasteiger partial charge in [0, 0.05) is 10.6 Å². The first-order valence-corrected chi connectivity index (χ1v) is 4.66. The van der Waals surface area contributed by atoms with Crippen LogP contribution in [0, 0.1) is 0 Å². The van der Waals surface area contributed by atoms with Crippen LogP contribution in [0.5, 0.6) is 0 Å². The van der Waals surface area contributed by atoms with E-state index < -0.39 is 11.9 Å². The summed E-state index contributed by atoms with van der Waals surface area (Å²) >= 11 is 0. The Labute approximate surface area is 97.0 Å². The number of anilines is 1. The van der Waals surface area contributed by atoms with Gasteiger partial charge >= 0.3 is 5.97 Å². The third-order valence-corrected chi connectivity index (χ3v) is 1.87. The lowest BCUT2D eigenvalue weighted by atomic mass is 10.2. The molecule has 0 aliphatic carbocycles. The molecule has 0 atom stereocenters. The summed E-state index contributed by atoms with van der Waals surface area (Å²) in [5, 5.41) is 5.63. The number of carbonyl (C=O) groups excluding carboxylic acids is 2. The molecule has 0 aliphatic rings. The van der Waals surface area contributed by atoms with E-state index in [0.29, 0.717) is 11.3 Å². The molecule has 1 aromatic carbocycles. The Balaban J connectivity index is 2.65. The van der Waals surface area contributed by atoms with Crippen LogP contribution < -0.4 is 5.32 Å². The van der Waals surface area contributed by atoms with Gasteiger partial charge in [0.1, 0.15) is 6.54 Å². The highest BCUT2D eigenvalue weighted by Gasteiger charge is 2.05. The van der Waals surface area contributed by atoms with Gasteiger partial charge in [0.15, 0.2) is 0 Å². The summed E-state index contributed by atoms with van der Waals surface area (Å²) in [6.45, 7) is -0.269. The molecular formula is C10H10N4O3. The molecule has 7 heteroatoms. The van der Waals surface area contributed by atoms with E-state index >= 15 is 0 Å². The highest BCUT2D eigenvalue weighted by Crippen LogP contribution is 2.10. The fourth-order valence-electron chi connectivity index (χ4n) is 1.10. The van der Waals surface area contributed by atoms with Gasteiger partial charge in [-0.25, -0.2) is 4.79 Å². The summed E-state index contributed by atoms with van der Waals surface area (Å²) in [4.78, 5) is 24.8. The Morgan fingerprint density at radius 3 is 2.59 bits per heavy atom. The zero-order valence-corrected chi connectivity index (χ0v) is 9.08. The normalized spacial score (nSPS) is 9.00. The average Bonchev–Trinajstić information content (AvgIpc) is 2.36. The first-order chi connectivity index (χ1) is 8.17. The van der Waals surface area contributed by atoms with Gasteiger partial charge in [-0.2, -0.15) is 0 Å². The number of methoxy groups -OCH3 is 1. The van der Waals surface area contributed by atoms with E-state index in [9.17, 15) is 9.59 Å². The highest BCUT2D eigenvalue weighted by atomic mass is 16.5. The first kappa shape index (κ1) is 12.5. The molecule has 1 aromatic rings. The van der Waals surface area contributed by atoms with Crippen LogP contribution in [0.15, 0.2) is 29.4 Å². The zero-order valence-electron chi connectivity index (χ0n) is 9.08. The van der Waals surface area contributed by atoms with E-state index in [4.69, 9.17) is 5.53 Å². The van der Waals surface area contributed by atoms with Crippen LogP contribution in [0.4, 0.5) is 5.69 Å². The lowest BCUT2D eigenvalue weighted by Gasteiger charge is -2.04. The van der Waals surface area contributed by atoms with Gasteiger partial charge in [0.2, 0.25) is 5.91 Å². The van der Waals surface area contributed by atoms with E-state index in [-0.39, 0.29) is 6.54 Å².